The molecule has 0 radical (unpaired) electrons. The molecule has 2 atom stereocenters. The summed E-state index contributed by atoms with van der Waals surface area (Å²) in [6, 6.07) is -0.824. The number of nitrogens with one attached hydrogen (secondary N) is 3. The molecule has 1 saturated heterocycles. The van der Waals surface area contributed by atoms with Crippen LogP contribution in [-0.2, 0) is 14.4 Å². The predicted molar refractivity (Wildman–Crippen MR) is 68.7 cm³/mol. The number of amides is 4. The number of aliphatic carboxylic acids is 1. The molecule has 0 aromatic carbocycles. The van der Waals surface area contributed by atoms with E-state index in [0.29, 0.717) is 19.4 Å². The Labute approximate surface area is 116 Å². The first-order valence-corrected chi connectivity index (χ1v) is 6.45. The van der Waals surface area contributed by atoms with E-state index < -0.39 is 17.9 Å². The van der Waals surface area contributed by atoms with Crippen molar-refractivity contribution in [3.05, 3.63) is 0 Å². The van der Waals surface area contributed by atoms with Gasteiger partial charge in [0, 0.05) is 31.8 Å². The third-order valence-electron chi connectivity index (χ3n) is 2.91. The molecular weight excluding hydrogens is 266 g/mol. The van der Waals surface area contributed by atoms with Gasteiger partial charge in [0.05, 0.1) is 0 Å². The summed E-state index contributed by atoms with van der Waals surface area (Å²) in [5.41, 5.74) is 0. The molecule has 1 aliphatic rings. The average Bonchev–Trinajstić information content (AvgIpc) is 2.30. The number of rotatable bonds is 5. The summed E-state index contributed by atoms with van der Waals surface area (Å²) in [4.78, 5) is 44.4. The topological polar surface area (TPSA) is 125 Å². The van der Waals surface area contributed by atoms with Gasteiger partial charge in [-0.05, 0) is 12.3 Å². The van der Waals surface area contributed by atoms with Gasteiger partial charge in [0.15, 0.2) is 0 Å². The number of piperidine rings is 1. The fourth-order valence-electron chi connectivity index (χ4n) is 1.94. The lowest BCUT2D eigenvalue weighted by molar-refractivity contribution is -0.138. The second kappa shape index (κ2) is 7.46. The second-order valence-corrected chi connectivity index (χ2v) is 4.97. The van der Waals surface area contributed by atoms with Crippen molar-refractivity contribution >= 4 is 23.8 Å². The highest BCUT2D eigenvalue weighted by Crippen LogP contribution is 2.07. The van der Waals surface area contributed by atoms with E-state index >= 15 is 0 Å². The van der Waals surface area contributed by atoms with Gasteiger partial charge in [0.1, 0.15) is 0 Å². The molecule has 4 N–H and O–H groups in total. The molecule has 0 aromatic heterocycles. The molecule has 0 bridgehead atoms. The number of carbonyl (C=O) groups excluding carboxylic acids is 3. The Kier molecular flexibility index (Phi) is 5.95. The van der Waals surface area contributed by atoms with Gasteiger partial charge in [-0.25, -0.2) is 4.79 Å². The standard InChI is InChI=1S/C12H19N3O5/c1-7(5-11(18)19)4-10(17)15-12(20)14-8-2-3-9(16)13-6-8/h7-8H,2-6H2,1H3,(H,13,16)(H,18,19)(H2,14,15,17,20). The van der Waals surface area contributed by atoms with Crippen molar-refractivity contribution in [3.63, 3.8) is 0 Å². The number of carbonyl (C=O) groups is 4. The van der Waals surface area contributed by atoms with Crippen molar-refractivity contribution in [3.8, 4) is 0 Å². The minimum absolute atomic E-state index is 0.0267. The molecule has 1 heterocycles. The van der Waals surface area contributed by atoms with E-state index in [1.165, 1.54) is 0 Å². The number of imide groups is 1. The number of urea groups is 1. The Morgan fingerprint density at radius 3 is 2.65 bits per heavy atom. The van der Waals surface area contributed by atoms with Crippen molar-refractivity contribution in [2.24, 2.45) is 5.92 Å². The Morgan fingerprint density at radius 1 is 1.40 bits per heavy atom. The van der Waals surface area contributed by atoms with Crippen LogP contribution >= 0.6 is 0 Å². The summed E-state index contributed by atoms with van der Waals surface area (Å²) in [6.07, 6.45) is 0.724. The fraction of sp³-hybridized carbons (Fsp3) is 0.667. The van der Waals surface area contributed by atoms with E-state index in [4.69, 9.17) is 5.11 Å². The lowest BCUT2D eigenvalue weighted by Crippen LogP contribution is -2.51. The molecule has 0 aromatic rings. The van der Waals surface area contributed by atoms with Crippen LogP contribution in [-0.4, -0.2) is 41.5 Å². The zero-order chi connectivity index (χ0) is 15.1. The maximum atomic E-state index is 11.5. The van der Waals surface area contributed by atoms with E-state index in [2.05, 4.69) is 16.0 Å². The van der Waals surface area contributed by atoms with Crippen molar-refractivity contribution < 1.29 is 24.3 Å². The van der Waals surface area contributed by atoms with Crippen LogP contribution in [0.15, 0.2) is 0 Å². The van der Waals surface area contributed by atoms with Crippen LogP contribution in [0.2, 0.25) is 0 Å². The van der Waals surface area contributed by atoms with E-state index in [9.17, 15) is 19.2 Å². The first-order valence-electron chi connectivity index (χ1n) is 6.45. The molecule has 8 nitrogen and oxygen atoms in total. The summed E-state index contributed by atoms with van der Waals surface area (Å²) in [5, 5.41) is 15.9. The SMILES string of the molecule is CC(CC(=O)O)CC(=O)NC(=O)NC1CCC(=O)NC1. The van der Waals surface area contributed by atoms with Crippen molar-refractivity contribution in [2.75, 3.05) is 6.54 Å². The fourth-order valence-corrected chi connectivity index (χ4v) is 1.94. The Bertz CT molecular complexity index is 400. The zero-order valence-corrected chi connectivity index (χ0v) is 11.3. The number of hydrogen-bond donors (Lipinski definition) is 4. The van der Waals surface area contributed by atoms with Gasteiger partial charge >= 0.3 is 12.0 Å². The largest absolute Gasteiger partial charge is 0.481 e. The van der Waals surface area contributed by atoms with E-state index in [1.54, 1.807) is 6.92 Å². The molecule has 20 heavy (non-hydrogen) atoms. The summed E-state index contributed by atoms with van der Waals surface area (Å²) in [6.45, 7) is 1.97. The molecule has 1 rings (SSSR count). The summed E-state index contributed by atoms with van der Waals surface area (Å²) < 4.78 is 0. The van der Waals surface area contributed by atoms with Gasteiger partial charge in [0.2, 0.25) is 11.8 Å². The molecule has 1 aliphatic heterocycles. The van der Waals surface area contributed by atoms with Crippen LogP contribution in [0, 0.1) is 5.92 Å². The first-order chi connectivity index (χ1) is 9.36. The summed E-state index contributed by atoms with van der Waals surface area (Å²) in [5.74, 6) is -1.89. The Balaban J connectivity index is 2.26. The van der Waals surface area contributed by atoms with Crippen LogP contribution in [0.25, 0.3) is 0 Å². The van der Waals surface area contributed by atoms with Gasteiger partial charge in [-0.15, -0.1) is 0 Å². The van der Waals surface area contributed by atoms with Crippen molar-refractivity contribution in [1.29, 1.82) is 0 Å². The highest BCUT2D eigenvalue weighted by Gasteiger charge is 2.21. The van der Waals surface area contributed by atoms with Crippen LogP contribution in [0.1, 0.15) is 32.6 Å². The minimum Gasteiger partial charge on any atom is -0.481 e. The van der Waals surface area contributed by atoms with Crippen molar-refractivity contribution in [2.45, 2.75) is 38.6 Å². The van der Waals surface area contributed by atoms with Gasteiger partial charge < -0.3 is 15.7 Å². The second-order valence-electron chi connectivity index (χ2n) is 4.97. The third kappa shape index (κ3) is 6.17. The quantitative estimate of drug-likeness (QED) is 0.546. The molecule has 1 fully saturated rings. The highest BCUT2D eigenvalue weighted by atomic mass is 16.4. The van der Waals surface area contributed by atoms with Gasteiger partial charge in [-0.3, -0.25) is 19.7 Å². The average molecular weight is 285 g/mol. The van der Waals surface area contributed by atoms with Gasteiger partial charge in [-0.1, -0.05) is 6.92 Å². The molecular formula is C12H19N3O5. The maximum Gasteiger partial charge on any atom is 0.321 e. The maximum absolute atomic E-state index is 11.5. The lowest BCUT2D eigenvalue weighted by atomic mass is 10.0. The molecule has 0 aliphatic carbocycles. The smallest absolute Gasteiger partial charge is 0.321 e. The third-order valence-corrected chi connectivity index (χ3v) is 2.91. The van der Waals surface area contributed by atoms with E-state index in [-0.39, 0.29) is 30.7 Å². The van der Waals surface area contributed by atoms with Gasteiger partial charge in [-0.2, -0.15) is 0 Å². The number of carboxylic acids is 1. The lowest BCUT2D eigenvalue weighted by Gasteiger charge is -2.23. The summed E-state index contributed by atoms with van der Waals surface area (Å²) in [7, 11) is 0. The monoisotopic (exact) mass is 285 g/mol. The predicted octanol–water partition coefficient (Wildman–Crippen LogP) is -0.408. The van der Waals surface area contributed by atoms with Crippen LogP contribution in [0.3, 0.4) is 0 Å². The molecule has 2 unspecified atom stereocenters. The minimum atomic E-state index is -0.979. The van der Waals surface area contributed by atoms with E-state index in [1.807, 2.05) is 0 Å². The Morgan fingerprint density at radius 2 is 2.10 bits per heavy atom. The molecule has 112 valence electrons. The molecule has 8 heteroatoms. The number of hydrogen-bond acceptors (Lipinski definition) is 4. The van der Waals surface area contributed by atoms with Crippen LogP contribution in [0.5, 0.6) is 0 Å². The molecule has 0 saturated carbocycles. The molecule has 4 amide bonds. The van der Waals surface area contributed by atoms with Crippen LogP contribution < -0.4 is 16.0 Å². The molecule has 0 spiro atoms. The van der Waals surface area contributed by atoms with Crippen LogP contribution in [0.4, 0.5) is 4.79 Å². The number of carboxylic acid groups (broad SMARTS) is 1. The normalized spacial score (nSPS) is 19.6. The highest BCUT2D eigenvalue weighted by molar-refractivity contribution is 5.94. The Hall–Kier alpha value is -2.12. The zero-order valence-electron chi connectivity index (χ0n) is 11.3. The van der Waals surface area contributed by atoms with Gasteiger partial charge in [0.25, 0.3) is 0 Å². The first kappa shape index (κ1) is 15.9. The van der Waals surface area contributed by atoms with Crippen molar-refractivity contribution in [1.82, 2.24) is 16.0 Å². The van der Waals surface area contributed by atoms with E-state index in [0.717, 1.165) is 0 Å². The summed E-state index contributed by atoms with van der Waals surface area (Å²) >= 11 is 0.